The van der Waals surface area contributed by atoms with Gasteiger partial charge in [-0.05, 0) is 134 Å². The fourth-order valence-electron chi connectivity index (χ4n) is 11.4. The molecule has 2 fully saturated rings. The van der Waals surface area contributed by atoms with Gasteiger partial charge in [-0.25, -0.2) is 4.57 Å². The third-order valence-electron chi connectivity index (χ3n) is 17.0. The molecule has 82 heavy (non-hydrogen) atoms. The molecule has 2 heterocycles. The second-order valence-electron chi connectivity index (χ2n) is 32.0. The number of rotatable bonds is 6. The minimum atomic E-state index is -5.43. The zero-order chi connectivity index (χ0) is 61.4. The minimum absolute atomic E-state index is 0.398. The van der Waals surface area contributed by atoms with Crippen LogP contribution in [0, 0.1) is 0 Å². The van der Waals surface area contributed by atoms with Crippen molar-refractivity contribution in [2.24, 2.45) is 0 Å². The average molecular weight is 1170 g/mol. The van der Waals surface area contributed by atoms with E-state index in [1.54, 1.807) is 0 Å². The van der Waals surface area contributed by atoms with E-state index in [4.69, 9.17) is 41.7 Å². The van der Waals surface area contributed by atoms with Crippen molar-refractivity contribution >= 4 is 31.0 Å². The second-order valence-corrected chi connectivity index (χ2v) is 34.2. The Bertz CT molecular complexity index is 2900. The van der Waals surface area contributed by atoms with Crippen LogP contribution in [0.4, 0.5) is 0 Å². The van der Waals surface area contributed by atoms with Crippen LogP contribution in [-0.2, 0) is 83.4 Å². The Morgan fingerprint density at radius 1 is 0.329 bits per heavy atom. The predicted molar refractivity (Wildman–Crippen MR) is 342 cm³/mol. The maximum atomic E-state index is 17.0. The van der Waals surface area contributed by atoms with E-state index in [-0.39, 0.29) is 0 Å². The van der Waals surface area contributed by atoms with Gasteiger partial charge in [-0.15, -0.1) is 0 Å². The summed E-state index contributed by atoms with van der Waals surface area (Å²) >= 11 is 13.7. The van der Waals surface area contributed by atoms with E-state index in [0.717, 1.165) is 44.5 Å². The molecule has 9 heteroatoms. The van der Waals surface area contributed by atoms with E-state index in [0.29, 0.717) is 43.4 Å². The van der Waals surface area contributed by atoms with Crippen LogP contribution in [-0.4, -0.2) is 17.1 Å². The normalized spacial score (nSPS) is 19.6. The number of benzene rings is 6. The summed E-state index contributed by atoms with van der Waals surface area (Å²) in [4.78, 5) is 13.9. The van der Waals surface area contributed by atoms with Crippen molar-refractivity contribution < 1.29 is 28.0 Å². The molecule has 6 aromatic carbocycles. The van der Waals surface area contributed by atoms with Crippen molar-refractivity contribution in [2.45, 2.75) is 239 Å². The van der Waals surface area contributed by atoms with Gasteiger partial charge in [-0.3, -0.25) is 9.05 Å². The third-order valence-corrected chi connectivity index (χ3v) is 18.5. The first kappa shape index (κ1) is 63.9. The first-order valence-corrected chi connectivity index (χ1v) is 31.6. The fourth-order valence-corrected chi connectivity index (χ4v) is 13.0. The maximum Gasteiger partial charge on any atom is 0.474 e. The van der Waals surface area contributed by atoms with Crippen molar-refractivity contribution in [2.75, 3.05) is 0 Å². The van der Waals surface area contributed by atoms with Gasteiger partial charge in [-0.2, -0.15) is 0 Å². The van der Waals surface area contributed by atoms with Gasteiger partial charge >= 0.3 is 7.82 Å². The van der Waals surface area contributed by atoms with Crippen LogP contribution in [0.3, 0.4) is 0 Å². The lowest BCUT2D eigenvalue weighted by molar-refractivity contribution is -0.182. The van der Waals surface area contributed by atoms with Gasteiger partial charge in [0.2, 0.25) is 5.79 Å². The van der Waals surface area contributed by atoms with Crippen molar-refractivity contribution in [3.8, 4) is 0 Å². The van der Waals surface area contributed by atoms with Crippen LogP contribution in [0.15, 0.2) is 121 Å². The molecule has 2 aliphatic heterocycles. The molecular formula is C73H95Cl2O6P. The molecule has 0 unspecified atom stereocenters. The van der Waals surface area contributed by atoms with Crippen LogP contribution in [0.1, 0.15) is 244 Å². The quantitative estimate of drug-likeness (QED) is 0.168. The maximum absolute atomic E-state index is 17.0. The van der Waals surface area contributed by atoms with Gasteiger partial charge in [0.1, 0.15) is 12.2 Å². The molecule has 2 saturated heterocycles. The molecule has 0 saturated carbocycles. The largest absolute Gasteiger partial charge is 0.474 e. The second kappa shape index (κ2) is 20.8. The first-order chi connectivity index (χ1) is 37.1. The number of hydrogen-bond acceptors (Lipinski definition) is 5. The number of fused-ring (bicyclic) bond motifs is 1. The van der Waals surface area contributed by atoms with E-state index < -0.39 is 80.3 Å². The molecule has 6 nitrogen and oxygen atoms in total. The Hall–Kier alpha value is -4.07. The highest BCUT2D eigenvalue weighted by atomic mass is 35.5. The van der Waals surface area contributed by atoms with Crippen LogP contribution < -0.4 is 0 Å². The zero-order valence-corrected chi connectivity index (χ0v) is 56.3. The van der Waals surface area contributed by atoms with Crippen LogP contribution >= 0.6 is 31.0 Å². The standard InChI is InChI=1S/C73H95Cl2O6P/c1-63(2,3)47-33-48(64(4,5)6)38-55(37-47)71(56-39-49(65(7,8)9)34-50(40-56)66(10,11)12)61-62(79-73(78-61,45-25-29-59(74)30-26-45)46-27-31-60(75)32-28-46)72(81-82(76,77)80-71,57-41-51(67(13,14)15)35-52(42-57)68(16,17)18)58-43-53(69(19,20)21)36-54(44-58)70(22,23)24/h25-44,61-62H,1-24H3,(H,76,77)/t61-,62-/m0/s1. The Labute approximate surface area is 504 Å². The summed E-state index contributed by atoms with van der Waals surface area (Å²) in [6, 6.07) is 41.6. The van der Waals surface area contributed by atoms with Crippen molar-refractivity contribution in [1.82, 2.24) is 0 Å². The van der Waals surface area contributed by atoms with E-state index in [1.807, 2.05) is 48.5 Å². The van der Waals surface area contributed by atoms with Gasteiger partial charge in [-0.1, -0.05) is 286 Å². The fraction of sp³-hybridized carbons (Fsp3) is 0.507. The van der Waals surface area contributed by atoms with Crippen molar-refractivity contribution in [3.05, 3.63) is 209 Å². The Morgan fingerprint density at radius 3 is 0.683 bits per heavy atom. The molecule has 0 radical (unpaired) electrons. The lowest BCUT2D eigenvalue weighted by Gasteiger charge is -2.43. The lowest BCUT2D eigenvalue weighted by atomic mass is 9.67. The Morgan fingerprint density at radius 2 is 0.512 bits per heavy atom. The highest BCUT2D eigenvalue weighted by molar-refractivity contribution is 7.47. The summed E-state index contributed by atoms with van der Waals surface area (Å²) in [5.74, 6) is -1.77. The molecule has 0 spiro atoms. The van der Waals surface area contributed by atoms with E-state index in [1.165, 1.54) is 0 Å². The number of halogens is 2. The van der Waals surface area contributed by atoms with Crippen LogP contribution in [0.5, 0.6) is 0 Å². The summed E-state index contributed by atoms with van der Waals surface area (Å²) in [7, 11) is -5.43. The van der Waals surface area contributed by atoms with Crippen LogP contribution in [0.25, 0.3) is 0 Å². The Kier molecular flexibility index (Phi) is 16.2. The van der Waals surface area contributed by atoms with E-state index >= 15 is 4.57 Å². The number of hydrogen-bond donors (Lipinski definition) is 1. The average Bonchev–Trinajstić information content (AvgIpc) is 1.81. The number of ether oxygens (including phenoxy) is 2. The molecule has 2 atom stereocenters. The third kappa shape index (κ3) is 12.3. The molecule has 6 aromatic rings. The molecule has 1 N–H and O–H groups in total. The monoisotopic (exact) mass is 1170 g/mol. The Balaban J connectivity index is 1.75. The van der Waals surface area contributed by atoms with Gasteiger partial charge in [0.25, 0.3) is 0 Å². The summed E-state index contributed by atoms with van der Waals surface area (Å²) < 4.78 is 49.1. The number of phosphoric acid groups is 1. The number of phosphoric ester groups is 1. The molecule has 0 aliphatic carbocycles. The smallest absolute Gasteiger partial charge is 0.332 e. The SMILES string of the molecule is CC(C)(C)c1cc(C(C)(C)C)cc(C2(c3cc(C(C)(C)C)cc(C(C)(C)C)c3)OP(=O)(O)OC(c3cc(C(C)(C)C)cc(C(C)(C)C)c3)(c3cc(C(C)(C)C)cc(C(C)(C)C)c3)[C@H]3OC(c4ccc(Cl)cc4)(c4ccc(Cl)cc4)O[C@@H]32)c1. The summed E-state index contributed by atoms with van der Waals surface area (Å²) in [6.45, 7) is 52.9. The highest BCUT2D eigenvalue weighted by Gasteiger charge is 2.71. The van der Waals surface area contributed by atoms with Gasteiger partial charge in [0.05, 0.1) is 0 Å². The summed E-state index contributed by atoms with van der Waals surface area (Å²) in [5, 5.41) is 1.06. The molecule has 2 aliphatic rings. The van der Waals surface area contributed by atoms with Gasteiger partial charge < -0.3 is 14.4 Å². The van der Waals surface area contributed by atoms with Crippen molar-refractivity contribution in [3.63, 3.8) is 0 Å². The highest BCUT2D eigenvalue weighted by Crippen LogP contribution is 2.69. The molecule has 0 amide bonds. The van der Waals surface area contributed by atoms with Crippen molar-refractivity contribution in [1.29, 1.82) is 0 Å². The first-order valence-electron chi connectivity index (χ1n) is 29.4. The van der Waals surface area contributed by atoms with Gasteiger partial charge in [0, 0.05) is 21.2 Å². The van der Waals surface area contributed by atoms with Crippen LogP contribution in [0.2, 0.25) is 10.0 Å². The predicted octanol–water partition coefficient (Wildman–Crippen LogP) is 20.4. The zero-order valence-electron chi connectivity index (χ0n) is 53.9. The summed E-state index contributed by atoms with van der Waals surface area (Å²) in [6.07, 6.45) is -2.61. The van der Waals surface area contributed by atoms with E-state index in [9.17, 15) is 4.89 Å². The molecule has 0 bridgehead atoms. The lowest BCUT2D eigenvalue weighted by Crippen LogP contribution is -2.54. The van der Waals surface area contributed by atoms with E-state index in [2.05, 4.69) is 239 Å². The minimum Gasteiger partial charge on any atom is -0.332 e. The summed E-state index contributed by atoms with van der Waals surface area (Å²) in [5.41, 5.74) is 4.77. The topological polar surface area (TPSA) is 74.2 Å². The molecular weight excluding hydrogens is 1070 g/mol. The molecule has 8 rings (SSSR count). The van der Waals surface area contributed by atoms with Gasteiger partial charge in [0.15, 0.2) is 11.2 Å². The molecule has 0 aromatic heterocycles. The molecule has 442 valence electrons.